The zero-order chi connectivity index (χ0) is 13.8. The Balaban J connectivity index is 2.10. The molecule has 1 aromatic heterocycles. The SMILES string of the molecule is CC(NC(C)c1cc(F)cc(F)c1)c1ccncc1. The summed E-state index contributed by atoms with van der Waals surface area (Å²) in [5.74, 6) is -1.11. The smallest absolute Gasteiger partial charge is 0.126 e. The highest BCUT2D eigenvalue weighted by Crippen LogP contribution is 2.20. The van der Waals surface area contributed by atoms with Crippen LogP contribution >= 0.6 is 0 Å². The van der Waals surface area contributed by atoms with Crippen molar-refractivity contribution >= 4 is 0 Å². The maximum absolute atomic E-state index is 13.2. The summed E-state index contributed by atoms with van der Waals surface area (Å²) in [4.78, 5) is 3.96. The Morgan fingerprint density at radius 3 is 2.00 bits per heavy atom. The van der Waals surface area contributed by atoms with E-state index in [4.69, 9.17) is 0 Å². The Morgan fingerprint density at radius 2 is 1.42 bits per heavy atom. The number of rotatable bonds is 4. The van der Waals surface area contributed by atoms with Crippen molar-refractivity contribution in [2.45, 2.75) is 25.9 Å². The lowest BCUT2D eigenvalue weighted by molar-refractivity contribution is 0.487. The minimum absolute atomic E-state index is 0.0735. The van der Waals surface area contributed by atoms with Crippen molar-refractivity contribution in [3.63, 3.8) is 0 Å². The van der Waals surface area contributed by atoms with Gasteiger partial charge in [-0.1, -0.05) is 0 Å². The molecule has 0 bridgehead atoms. The highest BCUT2D eigenvalue weighted by atomic mass is 19.1. The molecule has 1 aromatic carbocycles. The van der Waals surface area contributed by atoms with Crippen molar-refractivity contribution in [1.82, 2.24) is 10.3 Å². The molecule has 0 spiro atoms. The summed E-state index contributed by atoms with van der Waals surface area (Å²) >= 11 is 0. The molecule has 19 heavy (non-hydrogen) atoms. The monoisotopic (exact) mass is 262 g/mol. The largest absolute Gasteiger partial charge is 0.304 e. The molecule has 100 valence electrons. The number of aromatic nitrogens is 1. The topological polar surface area (TPSA) is 24.9 Å². The first-order valence-electron chi connectivity index (χ1n) is 6.18. The van der Waals surface area contributed by atoms with Crippen LogP contribution in [0, 0.1) is 11.6 Å². The first kappa shape index (κ1) is 13.6. The average molecular weight is 262 g/mol. The van der Waals surface area contributed by atoms with Crippen molar-refractivity contribution in [3.8, 4) is 0 Å². The van der Waals surface area contributed by atoms with Crippen LogP contribution in [0.15, 0.2) is 42.7 Å². The van der Waals surface area contributed by atoms with Gasteiger partial charge in [-0.3, -0.25) is 4.98 Å². The molecule has 2 rings (SSSR count). The molecular formula is C15H16F2N2. The average Bonchev–Trinajstić information content (AvgIpc) is 2.38. The second-order valence-corrected chi connectivity index (χ2v) is 4.59. The van der Waals surface area contributed by atoms with E-state index < -0.39 is 11.6 Å². The van der Waals surface area contributed by atoms with Gasteiger partial charge >= 0.3 is 0 Å². The number of nitrogens with one attached hydrogen (secondary N) is 1. The highest BCUT2D eigenvalue weighted by Gasteiger charge is 2.12. The van der Waals surface area contributed by atoms with Crippen molar-refractivity contribution < 1.29 is 8.78 Å². The molecular weight excluding hydrogens is 246 g/mol. The molecule has 0 aliphatic rings. The molecule has 0 aliphatic heterocycles. The summed E-state index contributed by atoms with van der Waals surface area (Å²) in [6.07, 6.45) is 3.44. The van der Waals surface area contributed by atoms with Gasteiger partial charge in [0.1, 0.15) is 11.6 Å². The predicted molar refractivity (Wildman–Crippen MR) is 70.6 cm³/mol. The standard InChI is InChI=1S/C15H16F2N2/c1-10(12-3-5-18-6-4-12)19-11(2)13-7-14(16)9-15(17)8-13/h3-11,19H,1-2H3. The molecule has 4 heteroatoms. The third kappa shape index (κ3) is 3.58. The number of pyridine rings is 1. The van der Waals surface area contributed by atoms with E-state index in [1.807, 2.05) is 26.0 Å². The van der Waals surface area contributed by atoms with Crippen LogP contribution in [0.4, 0.5) is 8.78 Å². The maximum atomic E-state index is 13.2. The molecule has 0 radical (unpaired) electrons. The van der Waals surface area contributed by atoms with Gasteiger partial charge < -0.3 is 5.32 Å². The van der Waals surface area contributed by atoms with Gasteiger partial charge in [-0.2, -0.15) is 0 Å². The van der Waals surface area contributed by atoms with Crippen LogP contribution in [-0.2, 0) is 0 Å². The normalized spacial score (nSPS) is 14.1. The molecule has 0 saturated carbocycles. The molecule has 2 aromatic rings. The Kier molecular flexibility index (Phi) is 4.22. The van der Waals surface area contributed by atoms with Crippen LogP contribution in [0.3, 0.4) is 0 Å². The summed E-state index contributed by atoms with van der Waals surface area (Å²) in [5.41, 5.74) is 1.68. The molecule has 0 fully saturated rings. The van der Waals surface area contributed by atoms with E-state index in [1.165, 1.54) is 12.1 Å². The van der Waals surface area contributed by atoms with Crippen molar-refractivity contribution in [2.24, 2.45) is 0 Å². The van der Waals surface area contributed by atoms with Crippen LogP contribution in [0.25, 0.3) is 0 Å². The third-order valence-corrected chi connectivity index (χ3v) is 3.09. The number of hydrogen-bond acceptors (Lipinski definition) is 2. The Labute approximate surface area is 111 Å². The summed E-state index contributed by atoms with van der Waals surface area (Å²) in [6.45, 7) is 3.88. The fourth-order valence-corrected chi connectivity index (χ4v) is 2.04. The van der Waals surface area contributed by atoms with Gasteiger partial charge in [0, 0.05) is 30.5 Å². The van der Waals surface area contributed by atoms with E-state index in [0.29, 0.717) is 5.56 Å². The van der Waals surface area contributed by atoms with E-state index in [2.05, 4.69) is 10.3 Å². The molecule has 2 atom stereocenters. The van der Waals surface area contributed by atoms with Crippen LogP contribution in [0.2, 0.25) is 0 Å². The van der Waals surface area contributed by atoms with Gasteiger partial charge in [-0.25, -0.2) is 8.78 Å². The van der Waals surface area contributed by atoms with Crippen LogP contribution in [0.1, 0.15) is 37.1 Å². The highest BCUT2D eigenvalue weighted by molar-refractivity contribution is 5.22. The molecule has 2 unspecified atom stereocenters. The van der Waals surface area contributed by atoms with Gasteiger partial charge in [0.15, 0.2) is 0 Å². The number of nitrogens with zero attached hydrogens (tertiary/aromatic N) is 1. The first-order chi connectivity index (χ1) is 9.06. The van der Waals surface area contributed by atoms with Gasteiger partial charge in [0.05, 0.1) is 0 Å². The minimum atomic E-state index is -0.555. The second kappa shape index (κ2) is 5.89. The zero-order valence-electron chi connectivity index (χ0n) is 10.9. The molecule has 2 nitrogen and oxygen atoms in total. The quantitative estimate of drug-likeness (QED) is 0.907. The lowest BCUT2D eigenvalue weighted by Gasteiger charge is -2.20. The molecule has 0 saturated heterocycles. The van der Waals surface area contributed by atoms with Crippen molar-refractivity contribution in [3.05, 3.63) is 65.5 Å². The number of hydrogen-bond donors (Lipinski definition) is 1. The first-order valence-corrected chi connectivity index (χ1v) is 6.18. The maximum Gasteiger partial charge on any atom is 0.126 e. The van der Waals surface area contributed by atoms with E-state index in [0.717, 1.165) is 11.6 Å². The van der Waals surface area contributed by atoms with E-state index >= 15 is 0 Å². The fourth-order valence-electron chi connectivity index (χ4n) is 2.04. The lowest BCUT2D eigenvalue weighted by Crippen LogP contribution is -2.22. The van der Waals surface area contributed by atoms with Gasteiger partial charge in [-0.15, -0.1) is 0 Å². The fraction of sp³-hybridized carbons (Fsp3) is 0.267. The van der Waals surface area contributed by atoms with E-state index in [-0.39, 0.29) is 12.1 Å². The Morgan fingerprint density at radius 1 is 0.895 bits per heavy atom. The third-order valence-electron chi connectivity index (χ3n) is 3.09. The van der Waals surface area contributed by atoms with Gasteiger partial charge in [0.2, 0.25) is 0 Å². The zero-order valence-corrected chi connectivity index (χ0v) is 10.9. The second-order valence-electron chi connectivity index (χ2n) is 4.59. The molecule has 0 amide bonds. The molecule has 0 aliphatic carbocycles. The lowest BCUT2D eigenvalue weighted by atomic mass is 10.0. The molecule has 1 heterocycles. The summed E-state index contributed by atoms with van der Waals surface area (Å²) in [5, 5.41) is 3.31. The number of benzene rings is 1. The summed E-state index contributed by atoms with van der Waals surface area (Å²) in [7, 11) is 0. The Hall–Kier alpha value is -1.81. The van der Waals surface area contributed by atoms with Crippen molar-refractivity contribution in [1.29, 1.82) is 0 Å². The van der Waals surface area contributed by atoms with E-state index in [9.17, 15) is 8.78 Å². The molecule has 1 N–H and O–H groups in total. The van der Waals surface area contributed by atoms with Crippen LogP contribution in [-0.4, -0.2) is 4.98 Å². The Bertz CT molecular complexity index is 523. The van der Waals surface area contributed by atoms with Gasteiger partial charge in [-0.05, 0) is 49.2 Å². The summed E-state index contributed by atoms with van der Waals surface area (Å²) < 4.78 is 26.3. The predicted octanol–water partition coefficient (Wildman–Crippen LogP) is 3.77. The van der Waals surface area contributed by atoms with E-state index in [1.54, 1.807) is 12.4 Å². The van der Waals surface area contributed by atoms with Gasteiger partial charge in [0.25, 0.3) is 0 Å². The van der Waals surface area contributed by atoms with Crippen LogP contribution < -0.4 is 5.32 Å². The summed E-state index contributed by atoms with van der Waals surface area (Å²) in [6, 6.07) is 7.33. The van der Waals surface area contributed by atoms with Crippen molar-refractivity contribution in [2.75, 3.05) is 0 Å². The number of halogens is 2. The minimum Gasteiger partial charge on any atom is -0.304 e. The van der Waals surface area contributed by atoms with Crippen LogP contribution in [0.5, 0.6) is 0 Å².